The number of aromatic nitrogens is 3. The van der Waals surface area contributed by atoms with Crippen LogP contribution in [0.2, 0.25) is 0 Å². The van der Waals surface area contributed by atoms with Crippen molar-refractivity contribution in [3.05, 3.63) is 77.5 Å². The molecule has 0 radical (unpaired) electrons. The van der Waals surface area contributed by atoms with E-state index >= 15 is 0 Å². The molecule has 2 atom stereocenters. The fraction of sp³-hybridized carbons (Fsp3) is 0.273. The first-order valence-corrected chi connectivity index (χ1v) is 9.66. The maximum Gasteiger partial charge on any atom is 0.229 e. The van der Waals surface area contributed by atoms with Crippen molar-refractivity contribution in [2.45, 2.75) is 25.4 Å². The van der Waals surface area contributed by atoms with Crippen LogP contribution < -0.4 is 10.1 Å². The van der Waals surface area contributed by atoms with Gasteiger partial charge in [0.25, 0.3) is 0 Å². The predicted molar refractivity (Wildman–Crippen MR) is 107 cm³/mol. The second-order valence-electron chi connectivity index (χ2n) is 7.46. The molecule has 9 heteroatoms. The third kappa shape index (κ3) is 4.36. The van der Waals surface area contributed by atoms with Gasteiger partial charge < -0.3 is 15.2 Å². The highest BCUT2D eigenvalue weighted by Crippen LogP contribution is 2.55. The lowest BCUT2D eigenvalue weighted by Crippen LogP contribution is -2.27. The molecule has 1 aliphatic carbocycles. The second kappa shape index (κ2) is 8.35. The van der Waals surface area contributed by atoms with Crippen molar-refractivity contribution in [3.63, 3.8) is 0 Å². The SMILES string of the molecule is Cc1nc(CO)ncc1OCC1(c2cccc(F)c2)CC1C(=O)Nc1ccc(F)cn1. The average molecular weight is 426 g/mol. The largest absolute Gasteiger partial charge is 0.489 e. The molecule has 3 aromatic rings. The third-order valence-electron chi connectivity index (χ3n) is 5.38. The fourth-order valence-corrected chi connectivity index (χ4v) is 3.60. The van der Waals surface area contributed by atoms with Gasteiger partial charge in [0.1, 0.15) is 24.1 Å². The number of aryl methyl sites for hydroxylation is 1. The van der Waals surface area contributed by atoms with Crippen molar-refractivity contribution in [2.75, 3.05) is 11.9 Å². The number of anilines is 1. The minimum atomic E-state index is -0.742. The van der Waals surface area contributed by atoms with Crippen LogP contribution in [0, 0.1) is 24.5 Å². The monoisotopic (exact) mass is 426 g/mol. The van der Waals surface area contributed by atoms with E-state index in [1.165, 1.54) is 30.5 Å². The van der Waals surface area contributed by atoms with Gasteiger partial charge in [0.15, 0.2) is 11.6 Å². The van der Waals surface area contributed by atoms with E-state index in [1.807, 2.05) is 0 Å². The highest BCUT2D eigenvalue weighted by molar-refractivity contribution is 5.95. The highest BCUT2D eigenvalue weighted by atomic mass is 19.1. The molecule has 4 rings (SSSR count). The van der Waals surface area contributed by atoms with E-state index in [0.29, 0.717) is 23.4 Å². The average Bonchev–Trinajstić information content (AvgIpc) is 3.50. The van der Waals surface area contributed by atoms with Crippen LogP contribution in [-0.4, -0.2) is 32.6 Å². The lowest BCUT2D eigenvalue weighted by atomic mass is 9.93. The van der Waals surface area contributed by atoms with Crippen molar-refractivity contribution in [3.8, 4) is 5.75 Å². The molecule has 0 bridgehead atoms. The van der Waals surface area contributed by atoms with Crippen molar-refractivity contribution in [2.24, 2.45) is 5.92 Å². The molecule has 2 N–H and O–H groups in total. The Morgan fingerprint density at radius 1 is 1.23 bits per heavy atom. The fourth-order valence-electron chi connectivity index (χ4n) is 3.60. The number of pyridine rings is 1. The summed E-state index contributed by atoms with van der Waals surface area (Å²) in [4.78, 5) is 24.9. The number of hydrogen-bond donors (Lipinski definition) is 2. The maximum atomic E-state index is 13.9. The van der Waals surface area contributed by atoms with E-state index in [-0.39, 0.29) is 30.8 Å². The number of nitrogens with one attached hydrogen (secondary N) is 1. The first-order chi connectivity index (χ1) is 14.9. The Bertz CT molecular complexity index is 1110. The highest BCUT2D eigenvalue weighted by Gasteiger charge is 2.60. The number of carbonyl (C=O) groups excluding carboxylic acids is 1. The van der Waals surface area contributed by atoms with Gasteiger partial charge in [-0.3, -0.25) is 4.79 Å². The number of nitrogens with zero attached hydrogens (tertiary/aromatic N) is 3. The molecule has 31 heavy (non-hydrogen) atoms. The van der Waals surface area contributed by atoms with E-state index in [0.717, 1.165) is 6.20 Å². The number of ether oxygens (including phenoxy) is 1. The molecule has 1 aromatic carbocycles. The molecule has 0 aliphatic heterocycles. The van der Waals surface area contributed by atoms with Crippen LogP contribution in [0.25, 0.3) is 0 Å². The van der Waals surface area contributed by atoms with E-state index in [1.54, 1.807) is 19.1 Å². The number of aliphatic hydroxyl groups excluding tert-OH is 1. The molecule has 7 nitrogen and oxygen atoms in total. The summed E-state index contributed by atoms with van der Waals surface area (Å²) in [6.45, 7) is 1.55. The van der Waals surface area contributed by atoms with Crippen LogP contribution in [-0.2, 0) is 16.8 Å². The second-order valence-corrected chi connectivity index (χ2v) is 7.46. The van der Waals surface area contributed by atoms with E-state index in [4.69, 9.17) is 9.84 Å². The summed E-state index contributed by atoms with van der Waals surface area (Å²) in [6, 6.07) is 8.66. The molecule has 0 saturated heterocycles. The predicted octanol–water partition coefficient (Wildman–Crippen LogP) is 2.93. The van der Waals surface area contributed by atoms with Crippen LogP contribution in [0.5, 0.6) is 5.75 Å². The number of halogens is 2. The Balaban J connectivity index is 1.55. The number of hydrogen-bond acceptors (Lipinski definition) is 6. The number of carbonyl (C=O) groups is 1. The summed E-state index contributed by atoms with van der Waals surface area (Å²) in [5.74, 6) is -0.781. The summed E-state index contributed by atoms with van der Waals surface area (Å²) in [7, 11) is 0. The smallest absolute Gasteiger partial charge is 0.229 e. The van der Waals surface area contributed by atoms with Gasteiger partial charge in [-0.2, -0.15) is 0 Å². The van der Waals surface area contributed by atoms with E-state index < -0.39 is 23.0 Å². The van der Waals surface area contributed by atoms with E-state index in [2.05, 4.69) is 20.3 Å². The zero-order valence-corrected chi connectivity index (χ0v) is 16.7. The maximum absolute atomic E-state index is 13.9. The molecule has 2 heterocycles. The summed E-state index contributed by atoms with van der Waals surface area (Å²) in [5.41, 5.74) is 0.449. The molecule has 1 amide bonds. The molecular weight excluding hydrogens is 406 g/mol. The van der Waals surface area contributed by atoms with Crippen molar-refractivity contribution in [1.82, 2.24) is 15.0 Å². The zero-order chi connectivity index (χ0) is 22.0. The Hall–Kier alpha value is -3.46. The molecular formula is C22H20F2N4O3. The third-order valence-corrected chi connectivity index (χ3v) is 5.38. The molecule has 0 spiro atoms. The first kappa shape index (κ1) is 20.8. The minimum absolute atomic E-state index is 0.105. The van der Waals surface area contributed by atoms with Crippen LogP contribution in [0.15, 0.2) is 48.8 Å². The Labute approximate surface area is 177 Å². The van der Waals surface area contributed by atoms with Crippen LogP contribution in [0.1, 0.15) is 23.5 Å². The Kier molecular flexibility index (Phi) is 5.60. The number of rotatable bonds is 7. The summed E-state index contributed by atoms with van der Waals surface area (Å²) in [6.07, 6.45) is 2.93. The van der Waals surface area contributed by atoms with Crippen molar-refractivity contribution < 1.29 is 23.4 Å². The van der Waals surface area contributed by atoms with Crippen LogP contribution in [0.4, 0.5) is 14.6 Å². The number of amides is 1. The Morgan fingerprint density at radius 3 is 2.74 bits per heavy atom. The van der Waals surface area contributed by atoms with Crippen molar-refractivity contribution >= 4 is 11.7 Å². The van der Waals surface area contributed by atoms with Gasteiger partial charge in [-0.1, -0.05) is 12.1 Å². The van der Waals surface area contributed by atoms with Crippen LogP contribution in [0.3, 0.4) is 0 Å². The van der Waals surface area contributed by atoms with E-state index in [9.17, 15) is 13.6 Å². The minimum Gasteiger partial charge on any atom is -0.489 e. The molecule has 1 saturated carbocycles. The summed E-state index contributed by atoms with van der Waals surface area (Å²) in [5, 5.41) is 11.8. The standard InChI is InChI=1S/C22H20F2N4O3/c1-13-18(10-26-20(11-29)27-13)31-12-22(14-3-2-4-15(23)7-14)8-17(22)21(30)28-19-6-5-16(24)9-25-19/h2-7,9-10,17,29H,8,11-12H2,1H3,(H,25,28,30). The Morgan fingerprint density at radius 2 is 2.06 bits per heavy atom. The van der Waals surface area contributed by atoms with Gasteiger partial charge in [-0.25, -0.2) is 23.7 Å². The van der Waals surface area contributed by atoms with Gasteiger partial charge in [0.05, 0.1) is 30.6 Å². The lowest BCUT2D eigenvalue weighted by molar-refractivity contribution is -0.117. The summed E-state index contributed by atoms with van der Waals surface area (Å²) < 4.78 is 32.9. The molecule has 2 aromatic heterocycles. The van der Waals surface area contributed by atoms with Gasteiger partial charge in [-0.15, -0.1) is 0 Å². The zero-order valence-electron chi connectivity index (χ0n) is 16.7. The number of benzene rings is 1. The van der Waals surface area contributed by atoms with Crippen LogP contribution >= 0.6 is 0 Å². The van der Waals surface area contributed by atoms with Gasteiger partial charge in [0.2, 0.25) is 5.91 Å². The molecule has 1 aliphatic rings. The lowest BCUT2D eigenvalue weighted by Gasteiger charge is -2.19. The first-order valence-electron chi connectivity index (χ1n) is 9.66. The summed E-state index contributed by atoms with van der Waals surface area (Å²) >= 11 is 0. The quantitative estimate of drug-likeness (QED) is 0.603. The van der Waals surface area contributed by atoms with Gasteiger partial charge in [-0.05, 0) is 43.2 Å². The van der Waals surface area contributed by atoms with Gasteiger partial charge in [0, 0.05) is 5.41 Å². The van der Waals surface area contributed by atoms with Gasteiger partial charge >= 0.3 is 0 Å². The normalized spacial score (nSPS) is 19.7. The molecule has 1 fully saturated rings. The van der Waals surface area contributed by atoms with Crippen molar-refractivity contribution in [1.29, 1.82) is 0 Å². The number of aliphatic hydroxyl groups is 1. The molecule has 2 unspecified atom stereocenters. The topological polar surface area (TPSA) is 97.2 Å². The molecule has 160 valence electrons.